The van der Waals surface area contributed by atoms with Crippen LogP contribution in [0, 0.1) is 11.3 Å². The zero-order valence-corrected chi connectivity index (χ0v) is 14.7. The first-order valence-electron chi connectivity index (χ1n) is 7.94. The average Bonchev–Trinajstić information content (AvgIpc) is 2.50. The molecular weight excluding hydrogens is 333 g/mol. The van der Waals surface area contributed by atoms with Crippen LogP contribution in [0.3, 0.4) is 0 Å². The number of nitrogens with two attached hydrogens (primary N) is 1. The van der Waals surface area contributed by atoms with Crippen LogP contribution in [0.15, 0.2) is 40.1 Å². The Bertz CT molecular complexity index is 681. The minimum atomic E-state index is -4.30. The van der Waals surface area contributed by atoms with E-state index in [2.05, 4.69) is 15.7 Å². The third-order valence-corrected chi connectivity index (χ3v) is 4.22. The molecule has 1 amide bonds. The summed E-state index contributed by atoms with van der Waals surface area (Å²) < 4.78 is 37.6. The first-order chi connectivity index (χ1) is 11.4. The number of dihydropyridines is 1. The van der Waals surface area contributed by atoms with E-state index < -0.39 is 18.6 Å². The molecule has 0 aromatic carbocycles. The normalized spacial score (nSPS) is 23.7. The van der Waals surface area contributed by atoms with Gasteiger partial charge in [0.2, 0.25) is 0 Å². The van der Waals surface area contributed by atoms with E-state index in [9.17, 15) is 18.0 Å². The first-order valence-corrected chi connectivity index (χ1v) is 7.94. The van der Waals surface area contributed by atoms with E-state index >= 15 is 0 Å². The Balaban J connectivity index is 2.41. The molecule has 2 rings (SSSR count). The second-order valence-corrected chi connectivity index (χ2v) is 7.29. The molecule has 2 unspecified atom stereocenters. The SMILES string of the molecule is CC1=CC(C(=O)NN)=NC2C(C(C)(C)C)=CC(NCC(F)(F)F)=CC12. The van der Waals surface area contributed by atoms with Crippen LogP contribution in [0.5, 0.6) is 0 Å². The standard InChI is InChI=1S/C17H23F3N4O/c1-9-5-13(15(25)24-21)23-14-11(9)6-10(22-8-17(18,19)20)7-12(14)16(2,3)4/h5-7,11,14,22H,8,21H2,1-4H3,(H,24,25). The summed E-state index contributed by atoms with van der Waals surface area (Å²) in [6, 6.07) is -0.339. The molecule has 1 aliphatic carbocycles. The number of hydrogen-bond donors (Lipinski definition) is 3. The van der Waals surface area contributed by atoms with Gasteiger partial charge in [0.15, 0.2) is 0 Å². The number of fused-ring (bicyclic) bond motifs is 1. The number of nitrogens with one attached hydrogen (secondary N) is 2. The van der Waals surface area contributed by atoms with Gasteiger partial charge in [-0.25, -0.2) is 5.84 Å². The van der Waals surface area contributed by atoms with E-state index in [-0.39, 0.29) is 23.1 Å². The van der Waals surface area contributed by atoms with Crippen LogP contribution in [0.25, 0.3) is 0 Å². The van der Waals surface area contributed by atoms with Crippen molar-refractivity contribution in [3.63, 3.8) is 0 Å². The van der Waals surface area contributed by atoms with E-state index in [1.165, 1.54) is 0 Å². The molecule has 4 N–H and O–H groups in total. The number of aliphatic imine (C=N–C) groups is 1. The van der Waals surface area contributed by atoms with Gasteiger partial charge in [-0.2, -0.15) is 13.2 Å². The van der Waals surface area contributed by atoms with Crippen molar-refractivity contribution in [1.82, 2.24) is 10.7 Å². The number of halogens is 3. The Morgan fingerprint density at radius 3 is 2.44 bits per heavy atom. The maximum atomic E-state index is 12.5. The molecule has 0 aromatic rings. The lowest BCUT2D eigenvalue weighted by Crippen LogP contribution is -2.41. The summed E-state index contributed by atoms with van der Waals surface area (Å²) in [7, 11) is 0. The zero-order valence-electron chi connectivity index (χ0n) is 14.7. The van der Waals surface area contributed by atoms with Crippen LogP contribution < -0.4 is 16.6 Å². The lowest BCUT2D eigenvalue weighted by atomic mass is 9.72. The van der Waals surface area contributed by atoms with Crippen LogP contribution in [-0.2, 0) is 4.79 Å². The number of allylic oxidation sites excluding steroid dienone is 1. The monoisotopic (exact) mass is 356 g/mol. The van der Waals surface area contributed by atoms with Gasteiger partial charge in [-0.1, -0.05) is 32.4 Å². The van der Waals surface area contributed by atoms with E-state index in [0.717, 1.165) is 11.1 Å². The summed E-state index contributed by atoms with van der Waals surface area (Å²) in [5, 5.41) is 2.45. The van der Waals surface area contributed by atoms with Gasteiger partial charge in [0.25, 0.3) is 5.91 Å². The molecule has 0 radical (unpaired) electrons. The number of hydrazine groups is 1. The molecule has 2 aliphatic rings. The summed E-state index contributed by atoms with van der Waals surface area (Å²) >= 11 is 0. The minimum Gasteiger partial charge on any atom is -0.377 e. The highest BCUT2D eigenvalue weighted by Crippen LogP contribution is 2.41. The Morgan fingerprint density at radius 2 is 1.92 bits per heavy atom. The van der Waals surface area contributed by atoms with Crippen molar-refractivity contribution in [2.24, 2.45) is 22.2 Å². The molecular formula is C17H23F3N4O. The second-order valence-electron chi connectivity index (χ2n) is 7.29. The highest BCUT2D eigenvalue weighted by atomic mass is 19.4. The van der Waals surface area contributed by atoms with Crippen molar-refractivity contribution in [1.29, 1.82) is 0 Å². The quantitative estimate of drug-likeness (QED) is 0.413. The molecule has 0 aromatic heterocycles. The van der Waals surface area contributed by atoms with Gasteiger partial charge >= 0.3 is 6.18 Å². The Hall–Kier alpha value is -2.09. The molecule has 0 spiro atoms. The van der Waals surface area contributed by atoms with E-state index in [0.29, 0.717) is 5.70 Å². The lowest BCUT2D eigenvalue weighted by molar-refractivity contribution is -0.123. The Labute approximate surface area is 144 Å². The molecule has 1 aliphatic heterocycles. The van der Waals surface area contributed by atoms with Gasteiger partial charge in [-0.05, 0) is 30.1 Å². The lowest BCUT2D eigenvalue weighted by Gasteiger charge is -2.38. The van der Waals surface area contributed by atoms with Crippen molar-refractivity contribution in [3.05, 3.63) is 35.1 Å². The second kappa shape index (κ2) is 6.67. The van der Waals surface area contributed by atoms with Crippen LogP contribution in [0.1, 0.15) is 27.7 Å². The predicted octanol–water partition coefficient (Wildman–Crippen LogP) is 2.38. The maximum Gasteiger partial charge on any atom is 0.405 e. The molecule has 0 saturated heterocycles. The summed E-state index contributed by atoms with van der Waals surface area (Å²) in [6.07, 6.45) is 0.757. The van der Waals surface area contributed by atoms with Gasteiger partial charge < -0.3 is 5.32 Å². The number of rotatable bonds is 3. The molecule has 0 saturated carbocycles. The summed E-state index contributed by atoms with van der Waals surface area (Å²) in [6.45, 7) is 6.63. The van der Waals surface area contributed by atoms with E-state index in [1.807, 2.05) is 27.7 Å². The predicted molar refractivity (Wildman–Crippen MR) is 90.5 cm³/mol. The highest BCUT2D eigenvalue weighted by Gasteiger charge is 2.37. The third kappa shape index (κ3) is 4.50. The van der Waals surface area contributed by atoms with Gasteiger partial charge in [-0.3, -0.25) is 15.2 Å². The number of hydrogen-bond acceptors (Lipinski definition) is 4. The van der Waals surface area contributed by atoms with Crippen LogP contribution in [-0.4, -0.2) is 30.4 Å². The first kappa shape index (κ1) is 19.2. The van der Waals surface area contributed by atoms with Gasteiger partial charge in [0.1, 0.15) is 12.3 Å². The number of nitrogens with zero attached hydrogens (tertiary/aromatic N) is 1. The van der Waals surface area contributed by atoms with Crippen molar-refractivity contribution in [3.8, 4) is 0 Å². The molecule has 5 nitrogen and oxygen atoms in total. The van der Waals surface area contributed by atoms with Crippen molar-refractivity contribution >= 4 is 11.6 Å². The molecule has 8 heteroatoms. The zero-order chi connectivity index (χ0) is 19.0. The average molecular weight is 356 g/mol. The molecule has 2 atom stereocenters. The van der Waals surface area contributed by atoms with Crippen LogP contribution in [0.4, 0.5) is 13.2 Å². The van der Waals surface area contributed by atoms with Gasteiger partial charge in [0, 0.05) is 11.6 Å². The molecule has 138 valence electrons. The number of amides is 1. The fourth-order valence-corrected chi connectivity index (χ4v) is 2.98. The van der Waals surface area contributed by atoms with Crippen LogP contribution in [0.2, 0.25) is 0 Å². The molecule has 1 heterocycles. The molecule has 0 bridgehead atoms. The number of alkyl halides is 3. The van der Waals surface area contributed by atoms with Gasteiger partial charge in [0.05, 0.1) is 6.04 Å². The highest BCUT2D eigenvalue weighted by molar-refractivity contribution is 6.43. The summed E-state index contributed by atoms with van der Waals surface area (Å²) in [5.41, 5.74) is 4.08. The molecule has 0 fully saturated rings. The van der Waals surface area contributed by atoms with E-state index in [1.54, 1.807) is 18.2 Å². The fraction of sp³-hybridized carbons (Fsp3) is 0.529. The van der Waals surface area contributed by atoms with Crippen molar-refractivity contribution in [2.45, 2.75) is 39.9 Å². The number of carbonyl (C=O) groups is 1. The Morgan fingerprint density at radius 1 is 1.28 bits per heavy atom. The minimum absolute atomic E-state index is 0.204. The van der Waals surface area contributed by atoms with E-state index in [4.69, 9.17) is 5.84 Å². The number of carbonyl (C=O) groups excluding carboxylic acids is 1. The molecule has 25 heavy (non-hydrogen) atoms. The van der Waals surface area contributed by atoms with Crippen molar-refractivity contribution in [2.75, 3.05) is 6.54 Å². The summed E-state index contributed by atoms with van der Waals surface area (Å²) in [4.78, 5) is 16.3. The smallest absolute Gasteiger partial charge is 0.377 e. The third-order valence-electron chi connectivity index (χ3n) is 4.22. The van der Waals surface area contributed by atoms with Gasteiger partial charge in [-0.15, -0.1) is 0 Å². The topological polar surface area (TPSA) is 79.5 Å². The van der Waals surface area contributed by atoms with Crippen molar-refractivity contribution < 1.29 is 18.0 Å². The van der Waals surface area contributed by atoms with Crippen LogP contribution >= 0.6 is 0 Å². The largest absolute Gasteiger partial charge is 0.405 e. The maximum absolute atomic E-state index is 12.5. The Kier molecular flexibility index (Phi) is 5.13. The summed E-state index contributed by atoms with van der Waals surface area (Å²) in [5.74, 6) is 4.49. The fourth-order valence-electron chi connectivity index (χ4n) is 2.98.